The molecule has 2 rings (SSSR count). The minimum absolute atomic E-state index is 0.0438. The Balaban J connectivity index is 2.03. The molecule has 0 aliphatic rings. The van der Waals surface area contributed by atoms with E-state index in [0.717, 1.165) is 24.8 Å². The van der Waals surface area contributed by atoms with Crippen molar-refractivity contribution in [1.82, 2.24) is 0 Å². The van der Waals surface area contributed by atoms with Crippen LogP contribution in [0, 0.1) is 0 Å². The highest BCUT2D eigenvalue weighted by Gasteiger charge is 2.12. The molecule has 2 aromatic rings. The number of ether oxygens (including phenoxy) is 1. The van der Waals surface area contributed by atoms with E-state index in [2.05, 4.69) is 19.1 Å². The van der Waals surface area contributed by atoms with Gasteiger partial charge in [-0.05, 0) is 29.7 Å². The average Bonchev–Trinajstić information content (AvgIpc) is 2.48. The van der Waals surface area contributed by atoms with Crippen molar-refractivity contribution in [3.63, 3.8) is 0 Å². The predicted molar refractivity (Wildman–Crippen MR) is 81.6 cm³/mol. The highest BCUT2D eigenvalue weighted by Crippen LogP contribution is 2.27. The van der Waals surface area contributed by atoms with E-state index in [0.29, 0.717) is 12.4 Å². The van der Waals surface area contributed by atoms with Crippen molar-refractivity contribution in [2.24, 2.45) is 0 Å². The lowest BCUT2D eigenvalue weighted by Crippen LogP contribution is -2.05. The Hall–Kier alpha value is -1.80. The highest BCUT2D eigenvalue weighted by molar-refractivity contribution is 5.28. The number of phenols is 1. The first-order chi connectivity index (χ1) is 9.79. The SMILES string of the molecule is CCCCC(OCc1ccccc1)c1cccc(O)c1. The van der Waals surface area contributed by atoms with E-state index in [1.807, 2.05) is 30.3 Å². The summed E-state index contributed by atoms with van der Waals surface area (Å²) >= 11 is 0. The molecule has 0 aliphatic heterocycles. The molecule has 1 unspecified atom stereocenters. The lowest BCUT2D eigenvalue weighted by Gasteiger charge is -2.18. The normalized spacial score (nSPS) is 12.2. The number of unbranched alkanes of at least 4 members (excludes halogenated alkanes) is 1. The third-order valence-corrected chi connectivity index (χ3v) is 3.36. The van der Waals surface area contributed by atoms with Crippen molar-refractivity contribution in [1.29, 1.82) is 0 Å². The summed E-state index contributed by atoms with van der Waals surface area (Å²) in [6.07, 6.45) is 3.29. The molecule has 0 aliphatic carbocycles. The Labute approximate surface area is 121 Å². The lowest BCUT2D eigenvalue weighted by molar-refractivity contribution is 0.0323. The van der Waals surface area contributed by atoms with Crippen LogP contribution in [0.4, 0.5) is 0 Å². The molecule has 0 saturated heterocycles. The second-order valence-electron chi connectivity index (χ2n) is 5.02. The van der Waals surface area contributed by atoms with Crippen molar-refractivity contribution >= 4 is 0 Å². The van der Waals surface area contributed by atoms with Gasteiger partial charge in [0, 0.05) is 0 Å². The first-order valence-corrected chi connectivity index (χ1v) is 7.24. The fraction of sp³-hybridized carbons (Fsp3) is 0.333. The molecule has 0 fully saturated rings. The van der Waals surface area contributed by atoms with Gasteiger partial charge in [-0.15, -0.1) is 0 Å². The number of aromatic hydroxyl groups is 1. The number of rotatable bonds is 7. The molecule has 0 bridgehead atoms. The van der Waals surface area contributed by atoms with Gasteiger partial charge >= 0.3 is 0 Å². The van der Waals surface area contributed by atoms with Crippen LogP contribution < -0.4 is 0 Å². The van der Waals surface area contributed by atoms with Gasteiger partial charge < -0.3 is 9.84 Å². The molecule has 0 heterocycles. The van der Waals surface area contributed by atoms with Gasteiger partial charge in [0.05, 0.1) is 12.7 Å². The van der Waals surface area contributed by atoms with Crippen LogP contribution in [-0.2, 0) is 11.3 Å². The molecule has 2 nitrogen and oxygen atoms in total. The largest absolute Gasteiger partial charge is 0.508 e. The van der Waals surface area contributed by atoms with Crippen molar-refractivity contribution in [2.75, 3.05) is 0 Å². The Kier molecular flexibility index (Phi) is 5.63. The van der Waals surface area contributed by atoms with Crippen molar-refractivity contribution in [3.05, 3.63) is 65.7 Å². The Morgan fingerprint density at radius 1 is 1.05 bits per heavy atom. The summed E-state index contributed by atoms with van der Waals surface area (Å²) in [4.78, 5) is 0. The molecule has 0 spiro atoms. The van der Waals surface area contributed by atoms with Crippen LogP contribution in [0.15, 0.2) is 54.6 Å². The molecule has 20 heavy (non-hydrogen) atoms. The second-order valence-corrected chi connectivity index (χ2v) is 5.02. The molecule has 0 radical (unpaired) electrons. The van der Waals surface area contributed by atoms with Crippen molar-refractivity contribution < 1.29 is 9.84 Å². The number of hydrogen-bond donors (Lipinski definition) is 1. The predicted octanol–water partition coefficient (Wildman–Crippen LogP) is 4.84. The molecule has 0 aromatic heterocycles. The van der Waals surface area contributed by atoms with Crippen LogP contribution in [0.3, 0.4) is 0 Å². The molecule has 106 valence electrons. The maximum Gasteiger partial charge on any atom is 0.115 e. The van der Waals surface area contributed by atoms with Gasteiger partial charge in [0.2, 0.25) is 0 Å². The van der Waals surface area contributed by atoms with E-state index in [9.17, 15) is 5.11 Å². The van der Waals surface area contributed by atoms with E-state index in [4.69, 9.17) is 4.74 Å². The van der Waals surface area contributed by atoms with Crippen LogP contribution in [0.25, 0.3) is 0 Å². The smallest absolute Gasteiger partial charge is 0.115 e. The van der Waals surface area contributed by atoms with Crippen LogP contribution in [0.5, 0.6) is 5.75 Å². The first-order valence-electron chi connectivity index (χ1n) is 7.24. The Bertz CT molecular complexity index is 508. The number of phenolic OH excluding ortho intramolecular Hbond substituents is 1. The molecule has 0 amide bonds. The van der Waals surface area contributed by atoms with Gasteiger partial charge in [0.25, 0.3) is 0 Å². The van der Waals surface area contributed by atoms with E-state index >= 15 is 0 Å². The summed E-state index contributed by atoms with van der Waals surface area (Å²) < 4.78 is 6.06. The minimum Gasteiger partial charge on any atom is -0.508 e. The maximum atomic E-state index is 9.62. The van der Waals surface area contributed by atoms with Gasteiger partial charge in [0.1, 0.15) is 5.75 Å². The van der Waals surface area contributed by atoms with Gasteiger partial charge in [-0.2, -0.15) is 0 Å². The topological polar surface area (TPSA) is 29.5 Å². The van der Waals surface area contributed by atoms with Gasteiger partial charge in [-0.1, -0.05) is 62.2 Å². The Morgan fingerprint density at radius 2 is 1.85 bits per heavy atom. The summed E-state index contributed by atoms with van der Waals surface area (Å²) in [5, 5.41) is 9.62. The molecule has 2 heteroatoms. The van der Waals surface area contributed by atoms with Crippen LogP contribution in [0.1, 0.15) is 43.4 Å². The van der Waals surface area contributed by atoms with E-state index < -0.39 is 0 Å². The van der Waals surface area contributed by atoms with Gasteiger partial charge in [-0.25, -0.2) is 0 Å². The molecule has 1 atom stereocenters. The second kappa shape index (κ2) is 7.71. The highest BCUT2D eigenvalue weighted by atomic mass is 16.5. The summed E-state index contributed by atoms with van der Waals surface area (Å²) in [6.45, 7) is 2.78. The Morgan fingerprint density at radius 3 is 2.55 bits per heavy atom. The third kappa shape index (κ3) is 4.39. The maximum absolute atomic E-state index is 9.62. The van der Waals surface area contributed by atoms with Gasteiger partial charge in [-0.3, -0.25) is 0 Å². The quantitative estimate of drug-likeness (QED) is 0.780. The molecule has 2 aromatic carbocycles. The van der Waals surface area contributed by atoms with E-state index in [1.54, 1.807) is 12.1 Å². The van der Waals surface area contributed by atoms with Gasteiger partial charge in [0.15, 0.2) is 0 Å². The fourth-order valence-electron chi connectivity index (χ4n) is 2.23. The zero-order valence-electron chi connectivity index (χ0n) is 12.0. The summed E-state index contributed by atoms with van der Waals surface area (Å²) in [6, 6.07) is 17.6. The summed E-state index contributed by atoms with van der Waals surface area (Å²) in [5.41, 5.74) is 2.23. The van der Waals surface area contributed by atoms with Crippen molar-refractivity contribution in [2.45, 2.75) is 38.9 Å². The first kappa shape index (κ1) is 14.6. The zero-order chi connectivity index (χ0) is 14.2. The molecule has 1 N–H and O–H groups in total. The van der Waals surface area contributed by atoms with Crippen LogP contribution in [-0.4, -0.2) is 5.11 Å². The van der Waals surface area contributed by atoms with Crippen LogP contribution in [0.2, 0.25) is 0 Å². The number of hydrogen-bond acceptors (Lipinski definition) is 2. The molecular formula is C18H22O2. The average molecular weight is 270 g/mol. The summed E-state index contributed by atoms with van der Waals surface area (Å²) in [5.74, 6) is 0.298. The lowest BCUT2D eigenvalue weighted by atomic mass is 10.0. The fourth-order valence-corrected chi connectivity index (χ4v) is 2.23. The van der Waals surface area contributed by atoms with E-state index in [-0.39, 0.29) is 6.10 Å². The zero-order valence-corrected chi connectivity index (χ0v) is 12.0. The van der Waals surface area contributed by atoms with Crippen molar-refractivity contribution in [3.8, 4) is 5.75 Å². The summed E-state index contributed by atoms with van der Waals surface area (Å²) in [7, 11) is 0. The third-order valence-electron chi connectivity index (χ3n) is 3.36. The van der Waals surface area contributed by atoms with E-state index in [1.165, 1.54) is 5.56 Å². The standard InChI is InChI=1S/C18H22O2/c1-2-3-12-18(16-10-7-11-17(19)13-16)20-14-15-8-5-4-6-9-15/h4-11,13,18-19H,2-3,12,14H2,1H3. The van der Waals surface area contributed by atoms with Crippen LogP contribution >= 0.6 is 0 Å². The number of benzene rings is 2. The molecule has 0 saturated carbocycles. The molecular weight excluding hydrogens is 248 g/mol. The monoisotopic (exact) mass is 270 g/mol. The minimum atomic E-state index is 0.0438.